The second-order valence-corrected chi connectivity index (χ2v) is 6.30. The number of benzene rings is 1. The van der Waals surface area contributed by atoms with E-state index in [1.165, 1.54) is 17.7 Å². The molecule has 3 heterocycles. The summed E-state index contributed by atoms with van der Waals surface area (Å²) in [5, 5.41) is 12.0. The lowest BCUT2D eigenvalue weighted by atomic mass is 10.1. The number of rotatable bonds is 4. The molecule has 9 heteroatoms. The highest BCUT2D eigenvalue weighted by Gasteiger charge is 2.20. The van der Waals surface area contributed by atoms with Gasteiger partial charge in [-0.3, -0.25) is 10.1 Å². The number of amides is 1. The second-order valence-electron chi connectivity index (χ2n) is 4.88. The van der Waals surface area contributed by atoms with E-state index >= 15 is 0 Å². The predicted molar refractivity (Wildman–Crippen MR) is 92.5 cm³/mol. The average molecular weight is 373 g/mol. The number of nitrogens with one attached hydrogen (secondary N) is 1. The number of oxazole rings is 1. The molecule has 3 aromatic heterocycles. The van der Waals surface area contributed by atoms with Crippen LogP contribution in [-0.2, 0) is 0 Å². The third-order valence-corrected chi connectivity index (χ3v) is 4.34. The van der Waals surface area contributed by atoms with Crippen LogP contribution in [0.2, 0.25) is 5.02 Å². The van der Waals surface area contributed by atoms with Gasteiger partial charge in [-0.1, -0.05) is 35.1 Å². The van der Waals surface area contributed by atoms with E-state index in [4.69, 9.17) is 20.4 Å². The summed E-state index contributed by atoms with van der Waals surface area (Å²) in [5.74, 6) is 0.459. The van der Waals surface area contributed by atoms with Crippen LogP contribution in [0.5, 0.6) is 0 Å². The fourth-order valence-corrected chi connectivity index (χ4v) is 3.07. The molecule has 4 aromatic rings. The molecular weight excluding hydrogens is 364 g/mol. The fourth-order valence-electron chi connectivity index (χ4n) is 2.17. The molecule has 0 aliphatic carbocycles. The lowest BCUT2D eigenvalue weighted by molar-refractivity contribution is 0.102. The molecule has 0 aliphatic rings. The first-order valence-electron chi connectivity index (χ1n) is 7.09. The summed E-state index contributed by atoms with van der Waals surface area (Å²) >= 11 is 7.18. The molecule has 4 rings (SSSR count). The monoisotopic (exact) mass is 372 g/mol. The van der Waals surface area contributed by atoms with Crippen LogP contribution >= 0.6 is 22.9 Å². The first-order valence-corrected chi connectivity index (χ1v) is 8.28. The lowest BCUT2D eigenvalue weighted by Gasteiger charge is -2.01. The Hall–Kier alpha value is -2.97. The van der Waals surface area contributed by atoms with Crippen molar-refractivity contribution in [2.75, 3.05) is 5.32 Å². The number of furan rings is 1. The number of anilines is 1. The molecule has 0 fully saturated rings. The summed E-state index contributed by atoms with van der Waals surface area (Å²) in [6, 6.07) is 10.5. The summed E-state index contributed by atoms with van der Waals surface area (Å²) in [4.78, 5) is 16.5. The fraction of sp³-hybridized carbons (Fsp3) is 0. The van der Waals surface area contributed by atoms with Gasteiger partial charge in [0.25, 0.3) is 5.91 Å². The number of hydrogen-bond acceptors (Lipinski definition) is 7. The van der Waals surface area contributed by atoms with Crippen molar-refractivity contribution in [3.05, 3.63) is 59.8 Å². The number of carbonyl (C=O) groups excluding carboxylic acids is 1. The SMILES string of the molecule is O=C(Nc1nnc(-c2ccco2)s1)c1ncoc1-c1cccc(Cl)c1. The van der Waals surface area contributed by atoms with Crippen molar-refractivity contribution in [3.8, 4) is 22.1 Å². The van der Waals surface area contributed by atoms with Gasteiger partial charge in [0.2, 0.25) is 5.13 Å². The molecule has 0 spiro atoms. The largest absolute Gasteiger partial charge is 0.462 e. The molecule has 7 nitrogen and oxygen atoms in total. The Bertz CT molecular complexity index is 1030. The normalized spacial score (nSPS) is 10.8. The summed E-state index contributed by atoms with van der Waals surface area (Å²) in [7, 11) is 0. The zero-order valence-electron chi connectivity index (χ0n) is 12.5. The van der Waals surface area contributed by atoms with Crippen molar-refractivity contribution in [2.24, 2.45) is 0 Å². The van der Waals surface area contributed by atoms with Crippen LogP contribution in [0.15, 0.2) is 57.9 Å². The highest BCUT2D eigenvalue weighted by Crippen LogP contribution is 2.29. The minimum absolute atomic E-state index is 0.136. The van der Waals surface area contributed by atoms with Crippen molar-refractivity contribution in [3.63, 3.8) is 0 Å². The lowest BCUT2D eigenvalue weighted by Crippen LogP contribution is -2.13. The molecule has 0 saturated heterocycles. The van der Waals surface area contributed by atoms with E-state index in [1.807, 2.05) is 0 Å². The molecule has 0 bridgehead atoms. The Morgan fingerprint density at radius 1 is 1.16 bits per heavy atom. The Labute approximate surface area is 150 Å². The van der Waals surface area contributed by atoms with E-state index in [0.717, 1.165) is 0 Å². The van der Waals surface area contributed by atoms with Gasteiger partial charge in [0.15, 0.2) is 28.6 Å². The van der Waals surface area contributed by atoms with E-state index in [2.05, 4.69) is 20.5 Å². The number of aromatic nitrogens is 3. The maximum atomic E-state index is 12.5. The third-order valence-electron chi connectivity index (χ3n) is 3.25. The maximum Gasteiger partial charge on any atom is 0.280 e. The summed E-state index contributed by atoms with van der Waals surface area (Å²) in [6.45, 7) is 0. The average Bonchev–Trinajstić information content (AvgIpc) is 3.35. The van der Waals surface area contributed by atoms with Crippen LogP contribution in [0.25, 0.3) is 22.1 Å². The standard InChI is InChI=1S/C16H9ClN4O3S/c17-10-4-1-3-9(7-10)13-12(18-8-24-13)14(22)19-16-21-20-15(25-16)11-5-2-6-23-11/h1-8H,(H,19,21,22). The molecule has 0 atom stereocenters. The minimum atomic E-state index is -0.453. The molecule has 25 heavy (non-hydrogen) atoms. The molecule has 124 valence electrons. The highest BCUT2D eigenvalue weighted by atomic mass is 35.5. The van der Waals surface area contributed by atoms with Gasteiger partial charge >= 0.3 is 0 Å². The van der Waals surface area contributed by atoms with Gasteiger partial charge in [-0.2, -0.15) is 0 Å². The van der Waals surface area contributed by atoms with Gasteiger partial charge in [0, 0.05) is 10.6 Å². The molecule has 0 unspecified atom stereocenters. The third kappa shape index (κ3) is 3.17. The van der Waals surface area contributed by atoms with Crippen molar-refractivity contribution < 1.29 is 13.6 Å². The van der Waals surface area contributed by atoms with E-state index in [0.29, 0.717) is 32.2 Å². The van der Waals surface area contributed by atoms with Crippen LogP contribution in [0.3, 0.4) is 0 Å². The van der Waals surface area contributed by atoms with Crippen LogP contribution in [0, 0.1) is 0 Å². The van der Waals surface area contributed by atoms with Gasteiger partial charge in [-0.05, 0) is 24.3 Å². The topological polar surface area (TPSA) is 94.1 Å². The summed E-state index contributed by atoms with van der Waals surface area (Å²) < 4.78 is 10.6. The molecule has 0 aliphatic heterocycles. The van der Waals surface area contributed by atoms with Crippen LogP contribution in [-0.4, -0.2) is 21.1 Å². The highest BCUT2D eigenvalue weighted by molar-refractivity contribution is 7.18. The van der Waals surface area contributed by atoms with Crippen LogP contribution < -0.4 is 5.32 Å². The van der Waals surface area contributed by atoms with Gasteiger partial charge in [-0.25, -0.2) is 4.98 Å². The van der Waals surface area contributed by atoms with E-state index in [1.54, 1.807) is 42.7 Å². The Kier molecular flexibility index (Phi) is 4.04. The Morgan fingerprint density at radius 3 is 2.88 bits per heavy atom. The first-order chi connectivity index (χ1) is 12.2. The minimum Gasteiger partial charge on any atom is -0.462 e. The number of carbonyl (C=O) groups is 1. The number of hydrogen-bond donors (Lipinski definition) is 1. The summed E-state index contributed by atoms with van der Waals surface area (Å²) in [5.41, 5.74) is 0.792. The predicted octanol–water partition coefficient (Wildman–Crippen LogP) is 4.36. The van der Waals surface area contributed by atoms with Crippen molar-refractivity contribution in [1.82, 2.24) is 15.2 Å². The summed E-state index contributed by atoms with van der Waals surface area (Å²) in [6.07, 6.45) is 2.75. The Balaban J connectivity index is 1.58. The van der Waals surface area contributed by atoms with Crippen molar-refractivity contribution in [2.45, 2.75) is 0 Å². The van der Waals surface area contributed by atoms with Gasteiger partial charge in [-0.15, -0.1) is 10.2 Å². The van der Waals surface area contributed by atoms with Crippen molar-refractivity contribution >= 4 is 34.0 Å². The second kappa shape index (κ2) is 6.50. The van der Waals surface area contributed by atoms with E-state index in [9.17, 15) is 4.79 Å². The van der Waals surface area contributed by atoms with Gasteiger partial charge in [0.1, 0.15) is 0 Å². The zero-order chi connectivity index (χ0) is 17.2. The molecule has 1 N–H and O–H groups in total. The zero-order valence-corrected chi connectivity index (χ0v) is 14.0. The quantitative estimate of drug-likeness (QED) is 0.572. The van der Waals surface area contributed by atoms with Crippen LogP contribution in [0.4, 0.5) is 5.13 Å². The number of halogens is 1. The van der Waals surface area contributed by atoms with E-state index in [-0.39, 0.29) is 5.69 Å². The molecule has 0 radical (unpaired) electrons. The molecule has 1 amide bonds. The molecule has 0 saturated carbocycles. The maximum absolute atomic E-state index is 12.5. The van der Waals surface area contributed by atoms with E-state index < -0.39 is 5.91 Å². The van der Waals surface area contributed by atoms with Gasteiger partial charge < -0.3 is 8.83 Å². The molecule has 1 aromatic carbocycles. The Morgan fingerprint density at radius 2 is 2.08 bits per heavy atom. The van der Waals surface area contributed by atoms with Crippen molar-refractivity contribution in [1.29, 1.82) is 0 Å². The smallest absolute Gasteiger partial charge is 0.280 e. The van der Waals surface area contributed by atoms with Crippen LogP contribution in [0.1, 0.15) is 10.5 Å². The first kappa shape index (κ1) is 15.6. The number of nitrogens with zero attached hydrogens (tertiary/aromatic N) is 3. The molecular formula is C16H9ClN4O3S. The van der Waals surface area contributed by atoms with Gasteiger partial charge in [0.05, 0.1) is 6.26 Å².